The summed E-state index contributed by atoms with van der Waals surface area (Å²) < 4.78 is 10.2. The molecule has 0 aliphatic carbocycles. The highest BCUT2D eigenvalue weighted by Crippen LogP contribution is 2.30. The predicted octanol–water partition coefficient (Wildman–Crippen LogP) is 0.445. The Kier molecular flexibility index (Phi) is 4.52. The monoisotopic (exact) mass is 330 g/mol. The number of nitrogens with zero attached hydrogens (tertiary/aromatic N) is 1. The number of hydrogen-bond donors (Lipinski definition) is 3. The molecule has 24 heavy (non-hydrogen) atoms. The van der Waals surface area contributed by atoms with Crippen LogP contribution in [0.5, 0.6) is 5.75 Å². The summed E-state index contributed by atoms with van der Waals surface area (Å²) in [5.74, 6) is -1.89. The quantitative estimate of drug-likeness (QED) is 0.680. The van der Waals surface area contributed by atoms with E-state index >= 15 is 0 Å². The Balaban J connectivity index is 1.64. The maximum atomic E-state index is 12.0. The molecule has 2 heterocycles. The van der Waals surface area contributed by atoms with Crippen LogP contribution in [-0.4, -0.2) is 40.1 Å². The number of carboxylic acids is 1. The standard InChI is InChI=1S/C15H15BN2O6/c19-13(5-4-10-7-23-8-17-10)18-12-6-9-2-1-3-11(15(20)21)14(9)24-16(12)22/h1-3,7-8,12,22H,4-6H2,(H,18,19)(H,20,21). The number of rotatable bonds is 5. The van der Waals surface area contributed by atoms with Gasteiger partial charge in [-0.05, 0) is 18.1 Å². The maximum absolute atomic E-state index is 12.0. The number of aromatic nitrogens is 1. The van der Waals surface area contributed by atoms with E-state index in [1.165, 1.54) is 18.7 Å². The number of aryl methyl sites for hydroxylation is 1. The van der Waals surface area contributed by atoms with Gasteiger partial charge in [0, 0.05) is 12.8 Å². The van der Waals surface area contributed by atoms with E-state index in [-0.39, 0.29) is 30.1 Å². The fourth-order valence-electron chi connectivity index (χ4n) is 2.60. The smallest absolute Gasteiger partial charge is 0.534 e. The Hall–Kier alpha value is -2.81. The van der Waals surface area contributed by atoms with Crippen molar-refractivity contribution in [2.45, 2.75) is 25.2 Å². The average molecular weight is 330 g/mol. The van der Waals surface area contributed by atoms with E-state index in [4.69, 9.17) is 14.2 Å². The molecule has 0 saturated heterocycles. The molecule has 0 radical (unpaired) electrons. The topological polar surface area (TPSA) is 122 Å². The number of amides is 1. The Morgan fingerprint density at radius 2 is 2.25 bits per heavy atom. The van der Waals surface area contributed by atoms with Crippen LogP contribution in [0.1, 0.15) is 28.0 Å². The molecule has 0 spiro atoms. The van der Waals surface area contributed by atoms with Crippen molar-refractivity contribution in [1.29, 1.82) is 0 Å². The Bertz CT molecular complexity index is 748. The molecule has 0 bridgehead atoms. The lowest BCUT2D eigenvalue weighted by Crippen LogP contribution is -2.53. The summed E-state index contributed by atoms with van der Waals surface area (Å²) in [6.45, 7) is 0. The highest BCUT2D eigenvalue weighted by atomic mass is 16.5. The summed E-state index contributed by atoms with van der Waals surface area (Å²) in [7, 11) is -1.31. The molecule has 124 valence electrons. The number of para-hydroxylation sites is 1. The van der Waals surface area contributed by atoms with E-state index < -0.39 is 19.0 Å². The van der Waals surface area contributed by atoms with Gasteiger partial charge >= 0.3 is 13.1 Å². The van der Waals surface area contributed by atoms with E-state index in [0.29, 0.717) is 17.7 Å². The Morgan fingerprint density at radius 1 is 1.42 bits per heavy atom. The molecule has 1 amide bonds. The van der Waals surface area contributed by atoms with Crippen molar-refractivity contribution in [3.05, 3.63) is 47.7 Å². The van der Waals surface area contributed by atoms with Gasteiger partial charge in [-0.1, -0.05) is 12.1 Å². The summed E-state index contributed by atoms with van der Waals surface area (Å²) in [4.78, 5) is 27.1. The average Bonchev–Trinajstić information content (AvgIpc) is 3.06. The minimum absolute atomic E-state index is 0.0117. The third-order valence-corrected chi connectivity index (χ3v) is 3.79. The van der Waals surface area contributed by atoms with Crippen molar-refractivity contribution in [2.75, 3.05) is 0 Å². The van der Waals surface area contributed by atoms with Gasteiger partial charge in [0.2, 0.25) is 5.91 Å². The zero-order valence-corrected chi connectivity index (χ0v) is 12.6. The predicted molar refractivity (Wildman–Crippen MR) is 82.5 cm³/mol. The van der Waals surface area contributed by atoms with Crippen LogP contribution in [0.25, 0.3) is 0 Å². The zero-order chi connectivity index (χ0) is 17.1. The van der Waals surface area contributed by atoms with Gasteiger partial charge in [0.05, 0.1) is 17.2 Å². The summed E-state index contributed by atoms with van der Waals surface area (Å²) in [5, 5.41) is 21.9. The lowest BCUT2D eigenvalue weighted by molar-refractivity contribution is -0.121. The van der Waals surface area contributed by atoms with E-state index in [1.807, 2.05) is 0 Å². The van der Waals surface area contributed by atoms with Crippen LogP contribution in [0.3, 0.4) is 0 Å². The molecule has 9 heteroatoms. The molecule has 8 nitrogen and oxygen atoms in total. The SMILES string of the molecule is O=C(CCc1cocn1)NC1Cc2cccc(C(=O)O)c2OB1O. The molecule has 1 aliphatic heterocycles. The van der Waals surface area contributed by atoms with Crippen molar-refractivity contribution in [3.8, 4) is 5.75 Å². The van der Waals surface area contributed by atoms with E-state index in [9.17, 15) is 14.6 Å². The number of benzene rings is 1. The van der Waals surface area contributed by atoms with Crippen molar-refractivity contribution in [2.24, 2.45) is 0 Å². The molecular weight excluding hydrogens is 315 g/mol. The van der Waals surface area contributed by atoms with Crippen molar-refractivity contribution in [3.63, 3.8) is 0 Å². The van der Waals surface area contributed by atoms with E-state index in [0.717, 1.165) is 0 Å². The molecule has 2 aromatic rings. The summed E-state index contributed by atoms with van der Waals surface area (Å²) in [6, 6.07) is 4.72. The number of carbonyl (C=O) groups excluding carboxylic acids is 1. The molecule has 1 aromatic carbocycles. The van der Waals surface area contributed by atoms with Crippen LogP contribution in [0.4, 0.5) is 0 Å². The fraction of sp³-hybridized carbons (Fsp3) is 0.267. The van der Waals surface area contributed by atoms with E-state index in [1.54, 1.807) is 12.1 Å². The van der Waals surface area contributed by atoms with Crippen molar-refractivity contribution < 1.29 is 28.8 Å². The third kappa shape index (κ3) is 3.41. The Morgan fingerprint density at radius 3 is 2.96 bits per heavy atom. The molecular formula is C15H15BN2O6. The first-order valence-electron chi connectivity index (χ1n) is 7.41. The van der Waals surface area contributed by atoms with Crippen LogP contribution >= 0.6 is 0 Å². The van der Waals surface area contributed by atoms with Gasteiger partial charge in [0.25, 0.3) is 0 Å². The van der Waals surface area contributed by atoms with Crippen molar-refractivity contribution in [1.82, 2.24) is 10.3 Å². The number of carbonyl (C=O) groups is 2. The van der Waals surface area contributed by atoms with Crippen LogP contribution in [0.15, 0.2) is 35.3 Å². The number of nitrogens with one attached hydrogen (secondary N) is 1. The second kappa shape index (κ2) is 6.75. The minimum atomic E-state index is -1.31. The largest absolute Gasteiger partial charge is 0.547 e. The summed E-state index contributed by atoms with van der Waals surface area (Å²) in [6.07, 6.45) is 3.66. The number of fused-ring (bicyclic) bond motifs is 1. The lowest BCUT2D eigenvalue weighted by Gasteiger charge is -2.28. The first-order valence-corrected chi connectivity index (χ1v) is 7.41. The molecule has 1 aromatic heterocycles. The molecule has 1 atom stereocenters. The first-order chi connectivity index (χ1) is 11.5. The van der Waals surface area contributed by atoms with Gasteiger partial charge in [-0.2, -0.15) is 0 Å². The van der Waals surface area contributed by atoms with Gasteiger partial charge < -0.3 is 24.5 Å². The van der Waals surface area contributed by atoms with Crippen LogP contribution in [-0.2, 0) is 17.6 Å². The van der Waals surface area contributed by atoms with Gasteiger partial charge in [0.1, 0.15) is 12.0 Å². The number of hydrogen-bond acceptors (Lipinski definition) is 6. The van der Waals surface area contributed by atoms with Gasteiger partial charge in [-0.15, -0.1) is 0 Å². The molecule has 3 rings (SSSR count). The fourth-order valence-corrected chi connectivity index (χ4v) is 2.60. The summed E-state index contributed by atoms with van der Waals surface area (Å²) >= 11 is 0. The summed E-state index contributed by atoms with van der Waals surface area (Å²) in [5.41, 5.74) is 1.28. The van der Waals surface area contributed by atoms with Gasteiger partial charge in [-0.3, -0.25) is 4.79 Å². The van der Waals surface area contributed by atoms with E-state index in [2.05, 4.69) is 10.3 Å². The molecule has 0 fully saturated rings. The second-order valence-electron chi connectivity index (χ2n) is 5.47. The minimum Gasteiger partial charge on any atom is -0.534 e. The first kappa shape index (κ1) is 16.1. The Labute approximate surface area is 137 Å². The zero-order valence-electron chi connectivity index (χ0n) is 12.6. The van der Waals surface area contributed by atoms with Gasteiger partial charge in [-0.25, -0.2) is 9.78 Å². The maximum Gasteiger partial charge on any atom is 0.547 e. The number of oxazole rings is 1. The third-order valence-electron chi connectivity index (χ3n) is 3.79. The molecule has 3 N–H and O–H groups in total. The molecule has 1 aliphatic rings. The molecule has 0 saturated carbocycles. The number of carboxylic acid groups (broad SMARTS) is 1. The normalized spacial score (nSPS) is 16.2. The van der Waals surface area contributed by atoms with Crippen LogP contribution in [0.2, 0.25) is 0 Å². The van der Waals surface area contributed by atoms with Crippen LogP contribution < -0.4 is 9.97 Å². The highest BCUT2D eigenvalue weighted by molar-refractivity contribution is 6.47. The lowest BCUT2D eigenvalue weighted by atomic mass is 9.72. The second-order valence-corrected chi connectivity index (χ2v) is 5.47. The number of aromatic carboxylic acids is 1. The van der Waals surface area contributed by atoms with Crippen molar-refractivity contribution >= 4 is 19.0 Å². The van der Waals surface area contributed by atoms with Gasteiger partial charge in [0.15, 0.2) is 6.39 Å². The highest BCUT2D eigenvalue weighted by Gasteiger charge is 2.37. The van der Waals surface area contributed by atoms with Crippen LogP contribution in [0, 0.1) is 0 Å². The molecule has 1 unspecified atom stereocenters.